The van der Waals surface area contributed by atoms with Gasteiger partial charge in [-0.15, -0.1) is 0 Å². The number of urea groups is 1. The molecule has 1 aromatic carbocycles. The number of para-hydroxylation sites is 1. The lowest BCUT2D eigenvalue weighted by molar-refractivity contribution is 0.162. The molecule has 134 valence electrons. The summed E-state index contributed by atoms with van der Waals surface area (Å²) in [6.45, 7) is 0.710. The van der Waals surface area contributed by atoms with Crippen molar-refractivity contribution >= 4 is 22.6 Å². The lowest BCUT2D eigenvalue weighted by Gasteiger charge is -2.35. The van der Waals surface area contributed by atoms with E-state index in [2.05, 4.69) is 38.5 Å². The van der Waals surface area contributed by atoms with Crippen LogP contribution < -0.4 is 10.1 Å². The van der Waals surface area contributed by atoms with Gasteiger partial charge in [0.25, 0.3) is 0 Å². The summed E-state index contributed by atoms with van der Waals surface area (Å²) in [7, 11) is 1.52. The van der Waals surface area contributed by atoms with Crippen molar-refractivity contribution in [3.05, 3.63) is 48.5 Å². The summed E-state index contributed by atoms with van der Waals surface area (Å²) >= 11 is 0. The number of rotatable bonds is 3. The minimum atomic E-state index is -0.165. The van der Waals surface area contributed by atoms with E-state index in [0.29, 0.717) is 18.1 Å². The normalized spacial score (nSPS) is 17.3. The largest absolute Gasteiger partial charge is 0.479 e. The van der Waals surface area contributed by atoms with Gasteiger partial charge in [-0.25, -0.2) is 9.78 Å². The molecule has 1 saturated heterocycles. The van der Waals surface area contributed by atoms with Crippen molar-refractivity contribution < 1.29 is 9.53 Å². The zero-order valence-corrected chi connectivity index (χ0v) is 14.6. The van der Waals surface area contributed by atoms with Gasteiger partial charge in [0.05, 0.1) is 19.3 Å². The SMILES string of the molecule is COc1ncncc1NC(=O)N1CCCC[C@@H]1c1cc2ccccc2[nH]1. The van der Waals surface area contributed by atoms with Crippen LogP contribution in [0.5, 0.6) is 5.88 Å². The molecule has 7 heteroatoms. The summed E-state index contributed by atoms with van der Waals surface area (Å²) in [5.41, 5.74) is 2.63. The highest BCUT2D eigenvalue weighted by Gasteiger charge is 2.29. The number of methoxy groups -OCH3 is 1. The van der Waals surface area contributed by atoms with Crippen LogP contribution >= 0.6 is 0 Å². The number of nitrogens with zero attached hydrogens (tertiary/aromatic N) is 3. The van der Waals surface area contributed by atoms with Gasteiger partial charge in [-0.3, -0.25) is 0 Å². The van der Waals surface area contributed by atoms with Gasteiger partial charge in [-0.1, -0.05) is 18.2 Å². The van der Waals surface area contributed by atoms with Crippen LogP contribution in [-0.4, -0.2) is 39.5 Å². The van der Waals surface area contributed by atoms with Crippen LogP contribution in [0.3, 0.4) is 0 Å². The molecule has 1 atom stereocenters. The fraction of sp³-hybridized carbons (Fsp3) is 0.316. The molecule has 1 fully saturated rings. The van der Waals surface area contributed by atoms with Crippen LogP contribution in [0.25, 0.3) is 10.9 Å². The Morgan fingerprint density at radius 1 is 1.35 bits per heavy atom. The number of ether oxygens (including phenoxy) is 1. The molecule has 0 unspecified atom stereocenters. The summed E-state index contributed by atoms with van der Waals surface area (Å²) in [5, 5.41) is 4.05. The van der Waals surface area contributed by atoms with E-state index in [-0.39, 0.29) is 12.1 Å². The maximum atomic E-state index is 12.9. The number of fused-ring (bicyclic) bond motifs is 1. The van der Waals surface area contributed by atoms with Gasteiger partial charge in [0.1, 0.15) is 12.0 Å². The molecule has 0 radical (unpaired) electrons. The number of benzene rings is 1. The van der Waals surface area contributed by atoms with Crippen LogP contribution in [0.4, 0.5) is 10.5 Å². The fourth-order valence-corrected chi connectivity index (χ4v) is 3.53. The molecule has 1 aliphatic rings. The highest BCUT2D eigenvalue weighted by molar-refractivity contribution is 5.91. The average molecular weight is 351 g/mol. The monoisotopic (exact) mass is 351 g/mol. The Morgan fingerprint density at radius 2 is 2.23 bits per heavy atom. The van der Waals surface area contributed by atoms with Crippen molar-refractivity contribution in [2.24, 2.45) is 0 Å². The summed E-state index contributed by atoms with van der Waals surface area (Å²) in [6, 6.07) is 10.2. The molecule has 2 amide bonds. The van der Waals surface area contributed by atoms with Gasteiger partial charge in [-0.2, -0.15) is 4.98 Å². The Hall–Kier alpha value is -3.09. The van der Waals surface area contributed by atoms with Crippen molar-refractivity contribution in [3.8, 4) is 5.88 Å². The number of aromatic amines is 1. The van der Waals surface area contributed by atoms with E-state index in [4.69, 9.17) is 4.74 Å². The van der Waals surface area contributed by atoms with Gasteiger partial charge in [0, 0.05) is 17.8 Å². The van der Waals surface area contributed by atoms with Crippen molar-refractivity contribution in [2.45, 2.75) is 25.3 Å². The molecule has 7 nitrogen and oxygen atoms in total. The summed E-state index contributed by atoms with van der Waals surface area (Å²) in [5.74, 6) is 0.354. The molecule has 3 aromatic rings. The van der Waals surface area contributed by atoms with E-state index in [1.807, 2.05) is 17.0 Å². The van der Waals surface area contributed by atoms with Crippen molar-refractivity contribution in [3.63, 3.8) is 0 Å². The second kappa shape index (κ2) is 7.03. The second-order valence-electron chi connectivity index (χ2n) is 6.39. The second-order valence-corrected chi connectivity index (χ2v) is 6.39. The van der Waals surface area contributed by atoms with E-state index >= 15 is 0 Å². The van der Waals surface area contributed by atoms with Crippen LogP contribution in [0.2, 0.25) is 0 Å². The van der Waals surface area contributed by atoms with Gasteiger partial charge in [-0.05, 0) is 36.8 Å². The van der Waals surface area contributed by atoms with Crippen LogP contribution in [0.15, 0.2) is 42.9 Å². The zero-order valence-electron chi connectivity index (χ0n) is 14.6. The molecule has 3 heterocycles. The van der Waals surface area contributed by atoms with Gasteiger partial charge >= 0.3 is 6.03 Å². The van der Waals surface area contributed by atoms with Crippen LogP contribution in [-0.2, 0) is 0 Å². The van der Waals surface area contributed by atoms with E-state index in [1.54, 1.807) is 6.20 Å². The minimum Gasteiger partial charge on any atom is -0.479 e. The number of carbonyl (C=O) groups is 1. The first-order valence-corrected chi connectivity index (χ1v) is 8.75. The summed E-state index contributed by atoms with van der Waals surface area (Å²) in [6.07, 6.45) is 5.96. The van der Waals surface area contributed by atoms with E-state index in [0.717, 1.165) is 35.9 Å². The molecule has 1 aliphatic heterocycles. The number of H-pyrrole nitrogens is 1. The van der Waals surface area contributed by atoms with Gasteiger partial charge in [0.15, 0.2) is 0 Å². The Labute approximate surface area is 151 Å². The number of piperidine rings is 1. The summed E-state index contributed by atoms with van der Waals surface area (Å²) in [4.78, 5) is 26.3. The van der Waals surface area contributed by atoms with Crippen molar-refractivity contribution in [2.75, 3.05) is 19.0 Å². The number of nitrogens with one attached hydrogen (secondary N) is 2. The predicted molar refractivity (Wildman–Crippen MR) is 99.2 cm³/mol. The average Bonchev–Trinajstić information content (AvgIpc) is 3.12. The molecule has 0 bridgehead atoms. The van der Waals surface area contributed by atoms with Crippen LogP contribution in [0, 0.1) is 0 Å². The van der Waals surface area contributed by atoms with E-state index in [9.17, 15) is 4.79 Å². The third kappa shape index (κ3) is 3.08. The molecular formula is C19H21N5O2. The Morgan fingerprint density at radius 3 is 3.08 bits per heavy atom. The number of amides is 2. The number of hydrogen-bond acceptors (Lipinski definition) is 4. The molecule has 0 aliphatic carbocycles. The van der Waals surface area contributed by atoms with E-state index in [1.165, 1.54) is 13.4 Å². The Balaban J connectivity index is 1.59. The highest BCUT2D eigenvalue weighted by atomic mass is 16.5. The lowest BCUT2D eigenvalue weighted by atomic mass is 9.99. The first-order chi connectivity index (χ1) is 12.8. The minimum absolute atomic E-state index is 0.0202. The topological polar surface area (TPSA) is 83.1 Å². The van der Waals surface area contributed by atoms with Crippen LogP contribution in [0.1, 0.15) is 31.0 Å². The van der Waals surface area contributed by atoms with Crippen molar-refractivity contribution in [1.82, 2.24) is 19.9 Å². The zero-order chi connectivity index (χ0) is 17.9. The maximum Gasteiger partial charge on any atom is 0.322 e. The first kappa shape index (κ1) is 16.4. The molecule has 2 aromatic heterocycles. The van der Waals surface area contributed by atoms with Gasteiger partial charge < -0.3 is 19.9 Å². The maximum absolute atomic E-state index is 12.9. The molecule has 2 N–H and O–H groups in total. The standard InChI is InChI=1S/C19H21N5O2/c1-26-18-16(11-20-12-21-18)23-19(25)24-9-5-4-8-17(24)15-10-13-6-2-3-7-14(13)22-15/h2-3,6-7,10-12,17,22H,4-5,8-9H2,1H3,(H,23,25)/t17-/m1/s1. The molecular weight excluding hydrogens is 330 g/mol. The smallest absolute Gasteiger partial charge is 0.322 e. The number of carbonyl (C=O) groups excluding carboxylic acids is 1. The lowest BCUT2D eigenvalue weighted by Crippen LogP contribution is -2.41. The number of hydrogen-bond donors (Lipinski definition) is 2. The summed E-state index contributed by atoms with van der Waals surface area (Å²) < 4.78 is 5.19. The number of anilines is 1. The molecule has 4 rings (SSSR count). The fourth-order valence-electron chi connectivity index (χ4n) is 3.53. The quantitative estimate of drug-likeness (QED) is 0.753. The van der Waals surface area contributed by atoms with E-state index < -0.39 is 0 Å². The number of aromatic nitrogens is 3. The third-order valence-corrected chi connectivity index (χ3v) is 4.78. The Kier molecular flexibility index (Phi) is 4.43. The molecule has 0 saturated carbocycles. The highest BCUT2D eigenvalue weighted by Crippen LogP contribution is 2.33. The van der Waals surface area contributed by atoms with Gasteiger partial charge in [0.2, 0.25) is 5.88 Å². The Bertz CT molecular complexity index is 890. The molecule has 26 heavy (non-hydrogen) atoms. The molecule has 0 spiro atoms. The predicted octanol–water partition coefficient (Wildman–Crippen LogP) is 3.73. The first-order valence-electron chi connectivity index (χ1n) is 8.75. The third-order valence-electron chi connectivity index (χ3n) is 4.78. The van der Waals surface area contributed by atoms with Crippen molar-refractivity contribution in [1.29, 1.82) is 0 Å². The number of likely N-dealkylation sites (tertiary alicyclic amines) is 1.